The van der Waals surface area contributed by atoms with Crippen molar-refractivity contribution >= 4 is 16.0 Å². The van der Waals surface area contributed by atoms with Crippen molar-refractivity contribution in [2.75, 3.05) is 13.7 Å². The summed E-state index contributed by atoms with van der Waals surface area (Å²) >= 11 is 0. The molecule has 0 radical (unpaired) electrons. The van der Waals surface area contributed by atoms with Gasteiger partial charge in [-0.25, -0.2) is 17.2 Å². The fourth-order valence-corrected chi connectivity index (χ4v) is 2.39. The van der Waals surface area contributed by atoms with E-state index in [2.05, 4.69) is 4.74 Å². The monoisotopic (exact) mass is 295 g/mol. The van der Waals surface area contributed by atoms with Crippen LogP contribution in [0.3, 0.4) is 0 Å². The zero-order valence-corrected chi connectivity index (χ0v) is 10.6. The zero-order chi connectivity index (χ0) is 14.6. The number of halogens is 2. The van der Waals surface area contributed by atoms with E-state index in [4.69, 9.17) is 5.11 Å². The minimum atomic E-state index is -4.28. The van der Waals surface area contributed by atoms with Gasteiger partial charge in [-0.05, 0) is 18.2 Å². The Morgan fingerprint density at radius 1 is 1.42 bits per heavy atom. The Kier molecular flexibility index (Phi) is 4.92. The summed E-state index contributed by atoms with van der Waals surface area (Å²) in [5.41, 5.74) is 0. The molecule has 1 rings (SSSR count). The lowest BCUT2D eigenvalue weighted by Gasteiger charge is -2.14. The van der Waals surface area contributed by atoms with E-state index in [0.717, 1.165) is 13.2 Å². The van der Waals surface area contributed by atoms with Crippen molar-refractivity contribution in [1.82, 2.24) is 4.72 Å². The predicted molar refractivity (Wildman–Crippen MR) is 59.6 cm³/mol. The molecular formula is C10H11F2NO5S. The number of aliphatic hydroxyl groups excluding tert-OH is 1. The van der Waals surface area contributed by atoms with E-state index < -0.39 is 45.2 Å². The van der Waals surface area contributed by atoms with Crippen LogP contribution >= 0.6 is 0 Å². The minimum absolute atomic E-state index is 0.462. The number of hydrogen-bond donors (Lipinski definition) is 2. The Morgan fingerprint density at radius 3 is 2.53 bits per heavy atom. The first-order chi connectivity index (χ1) is 8.81. The van der Waals surface area contributed by atoms with Gasteiger partial charge in [-0.2, -0.15) is 4.72 Å². The summed E-state index contributed by atoms with van der Waals surface area (Å²) in [7, 11) is -3.27. The van der Waals surface area contributed by atoms with Gasteiger partial charge in [-0.1, -0.05) is 0 Å². The second kappa shape index (κ2) is 6.04. The lowest BCUT2D eigenvalue weighted by atomic mass is 10.3. The molecule has 106 valence electrons. The van der Waals surface area contributed by atoms with Crippen LogP contribution in [0.2, 0.25) is 0 Å². The molecule has 6 nitrogen and oxygen atoms in total. The maximum atomic E-state index is 12.9. The van der Waals surface area contributed by atoms with Crippen LogP contribution in [0.5, 0.6) is 0 Å². The van der Waals surface area contributed by atoms with Crippen LogP contribution < -0.4 is 4.72 Å². The number of esters is 1. The molecule has 0 amide bonds. The normalized spacial score (nSPS) is 13.1. The third-order valence-electron chi connectivity index (χ3n) is 2.17. The van der Waals surface area contributed by atoms with E-state index in [-0.39, 0.29) is 0 Å². The molecule has 0 aromatic heterocycles. The molecule has 2 N–H and O–H groups in total. The first-order valence-corrected chi connectivity index (χ1v) is 6.46. The van der Waals surface area contributed by atoms with Crippen molar-refractivity contribution in [1.29, 1.82) is 0 Å². The average molecular weight is 295 g/mol. The molecule has 0 bridgehead atoms. The molecule has 9 heteroatoms. The summed E-state index contributed by atoms with van der Waals surface area (Å²) in [6, 6.07) is 0.398. The van der Waals surface area contributed by atoms with Crippen molar-refractivity contribution in [3.05, 3.63) is 29.8 Å². The highest BCUT2D eigenvalue weighted by Crippen LogP contribution is 2.14. The van der Waals surface area contributed by atoms with Crippen LogP contribution in [0.4, 0.5) is 8.78 Å². The SMILES string of the molecule is COC(=O)C(CO)NS(=O)(=O)c1ccc(F)c(F)c1. The van der Waals surface area contributed by atoms with Gasteiger partial charge < -0.3 is 9.84 Å². The fourth-order valence-electron chi connectivity index (χ4n) is 1.20. The van der Waals surface area contributed by atoms with Crippen molar-refractivity contribution in [2.24, 2.45) is 0 Å². The Balaban J connectivity index is 3.03. The Hall–Kier alpha value is -1.58. The summed E-state index contributed by atoms with van der Waals surface area (Å²) < 4.78 is 55.3. The van der Waals surface area contributed by atoms with Crippen LogP contribution in [-0.2, 0) is 19.6 Å². The molecule has 1 atom stereocenters. The topological polar surface area (TPSA) is 92.7 Å². The van der Waals surface area contributed by atoms with Gasteiger partial charge >= 0.3 is 5.97 Å². The second-order valence-electron chi connectivity index (χ2n) is 3.46. The molecule has 0 aliphatic rings. The quantitative estimate of drug-likeness (QED) is 0.732. The highest BCUT2D eigenvalue weighted by molar-refractivity contribution is 7.89. The number of hydrogen-bond acceptors (Lipinski definition) is 5. The number of carbonyl (C=O) groups is 1. The molecule has 0 fully saturated rings. The molecule has 1 aromatic carbocycles. The van der Waals surface area contributed by atoms with Gasteiger partial charge in [-0.15, -0.1) is 0 Å². The molecule has 0 saturated carbocycles. The van der Waals surface area contributed by atoms with E-state index in [1.54, 1.807) is 0 Å². The van der Waals surface area contributed by atoms with Gasteiger partial charge in [-0.3, -0.25) is 4.79 Å². The lowest BCUT2D eigenvalue weighted by molar-refractivity contribution is -0.143. The van der Waals surface area contributed by atoms with E-state index in [1.165, 1.54) is 0 Å². The van der Waals surface area contributed by atoms with Gasteiger partial charge in [0, 0.05) is 0 Å². The van der Waals surface area contributed by atoms with E-state index in [0.29, 0.717) is 12.1 Å². The second-order valence-corrected chi connectivity index (χ2v) is 5.17. The zero-order valence-electron chi connectivity index (χ0n) is 9.76. The third-order valence-corrected chi connectivity index (χ3v) is 3.64. The molecule has 1 aromatic rings. The minimum Gasteiger partial charge on any atom is -0.468 e. The number of benzene rings is 1. The fraction of sp³-hybridized carbons (Fsp3) is 0.300. The maximum absolute atomic E-state index is 12.9. The highest BCUT2D eigenvalue weighted by atomic mass is 32.2. The number of rotatable bonds is 5. The molecular weight excluding hydrogens is 284 g/mol. The maximum Gasteiger partial charge on any atom is 0.326 e. The van der Waals surface area contributed by atoms with Crippen LogP contribution in [0.15, 0.2) is 23.1 Å². The molecule has 0 heterocycles. The molecule has 0 aliphatic carbocycles. The standard InChI is InChI=1S/C10H11F2NO5S/c1-18-10(15)9(5-14)13-19(16,17)6-2-3-7(11)8(12)4-6/h2-4,9,13-14H,5H2,1H3. The summed E-state index contributed by atoms with van der Waals surface area (Å²) in [6.07, 6.45) is 0. The number of aliphatic hydroxyl groups is 1. The van der Waals surface area contributed by atoms with Crippen LogP contribution in [0.1, 0.15) is 0 Å². The number of carbonyl (C=O) groups excluding carboxylic acids is 1. The summed E-state index contributed by atoms with van der Waals surface area (Å²) in [5.74, 6) is -3.55. The first kappa shape index (κ1) is 15.5. The van der Waals surface area contributed by atoms with Gasteiger partial charge in [0.15, 0.2) is 11.6 Å². The van der Waals surface area contributed by atoms with Gasteiger partial charge in [0.05, 0.1) is 18.6 Å². The van der Waals surface area contributed by atoms with Crippen LogP contribution in [0.25, 0.3) is 0 Å². The summed E-state index contributed by atoms with van der Waals surface area (Å²) in [4.78, 5) is 10.6. The van der Waals surface area contributed by atoms with E-state index in [9.17, 15) is 22.0 Å². The van der Waals surface area contributed by atoms with Crippen molar-refractivity contribution in [3.8, 4) is 0 Å². The highest BCUT2D eigenvalue weighted by Gasteiger charge is 2.26. The molecule has 0 spiro atoms. The van der Waals surface area contributed by atoms with Gasteiger partial charge in [0.1, 0.15) is 6.04 Å². The molecule has 0 saturated heterocycles. The predicted octanol–water partition coefficient (Wildman–Crippen LogP) is -0.223. The number of nitrogens with one attached hydrogen (secondary N) is 1. The summed E-state index contributed by atoms with van der Waals surface area (Å²) in [5, 5.41) is 8.87. The van der Waals surface area contributed by atoms with Gasteiger partial charge in [0.25, 0.3) is 0 Å². The largest absolute Gasteiger partial charge is 0.468 e. The number of sulfonamides is 1. The lowest BCUT2D eigenvalue weighted by Crippen LogP contribution is -2.43. The molecule has 19 heavy (non-hydrogen) atoms. The van der Waals surface area contributed by atoms with Crippen molar-refractivity contribution in [2.45, 2.75) is 10.9 Å². The van der Waals surface area contributed by atoms with Crippen molar-refractivity contribution < 1.29 is 31.8 Å². The van der Waals surface area contributed by atoms with E-state index >= 15 is 0 Å². The smallest absolute Gasteiger partial charge is 0.326 e. The van der Waals surface area contributed by atoms with Crippen LogP contribution in [-0.4, -0.2) is 39.3 Å². The average Bonchev–Trinajstić information content (AvgIpc) is 2.38. The Bertz CT molecular complexity index is 575. The molecule has 1 unspecified atom stereocenters. The Morgan fingerprint density at radius 2 is 2.05 bits per heavy atom. The van der Waals surface area contributed by atoms with E-state index in [1.807, 2.05) is 4.72 Å². The Labute approximate surface area is 108 Å². The van der Waals surface area contributed by atoms with Gasteiger partial charge in [0.2, 0.25) is 10.0 Å². The molecule has 0 aliphatic heterocycles. The number of ether oxygens (including phenoxy) is 1. The summed E-state index contributed by atoms with van der Waals surface area (Å²) in [6.45, 7) is -0.838. The number of methoxy groups -OCH3 is 1. The van der Waals surface area contributed by atoms with Crippen LogP contribution in [0, 0.1) is 11.6 Å². The third kappa shape index (κ3) is 3.69. The first-order valence-electron chi connectivity index (χ1n) is 4.98. The van der Waals surface area contributed by atoms with Crippen molar-refractivity contribution in [3.63, 3.8) is 0 Å².